The van der Waals surface area contributed by atoms with Crippen molar-refractivity contribution in [1.82, 2.24) is 5.32 Å². The summed E-state index contributed by atoms with van der Waals surface area (Å²) in [6, 6.07) is 0. The number of rotatable bonds is 8. The van der Waals surface area contributed by atoms with Gasteiger partial charge in [0.05, 0.1) is 19.0 Å². The molecule has 0 unspecified atom stereocenters. The average molecular weight is 223 g/mol. The van der Waals surface area contributed by atoms with Gasteiger partial charge in [0.1, 0.15) is 9.84 Å². The van der Waals surface area contributed by atoms with Crippen LogP contribution < -0.4 is 5.32 Å². The Labute approximate surface area is 86.9 Å². The lowest BCUT2D eigenvalue weighted by molar-refractivity contribution is 0.150. The summed E-state index contributed by atoms with van der Waals surface area (Å²) in [4.78, 5) is 0. The Balaban J connectivity index is 3.15. The normalized spacial score (nSPS) is 12.3. The van der Waals surface area contributed by atoms with Crippen molar-refractivity contribution >= 4 is 9.84 Å². The molecular formula is C9H21NO3S. The van der Waals surface area contributed by atoms with E-state index in [0.29, 0.717) is 19.1 Å². The predicted molar refractivity (Wildman–Crippen MR) is 58.2 cm³/mol. The number of sulfone groups is 1. The minimum atomic E-state index is -2.88. The van der Waals surface area contributed by atoms with Crippen molar-refractivity contribution in [2.75, 3.05) is 38.3 Å². The molecule has 0 saturated heterocycles. The van der Waals surface area contributed by atoms with Gasteiger partial charge in [0, 0.05) is 12.8 Å². The second-order valence-electron chi connectivity index (χ2n) is 3.84. The molecule has 0 aromatic heterocycles. The minimum Gasteiger partial charge on any atom is -0.379 e. The summed E-state index contributed by atoms with van der Waals surface area (Å²) in [6.45, 7) is 6.89. The van der Waals surface area contributed by atoms with Crippen LogP contribution in [0.25, 0.3) is 0 Å². The Kier molecular flexibility index (Phi) is 7.13. The van der Waals surface area contributed by atoms with E-state index in [2.05, 4.69) is 19.2 Å². The summed E-state index contributed by atoms with van der Waals surface area (Å²) in [6.07, 6.45) is 1.22. The van der Waals surface area contributed by atoms with Crippen molar-refractivity contribution in [2.45, 2.75) is 13.8 Å². The van der Waals surface area contributed by atoms with Gasteiger partial charge in [-0.25, -0.2) is 8.42 Å². The number of hydrogen-bond acceptors (Lipinski definition) is 4. The maximum absolute atomic E-state index is 10.7. The summed E-state index contributed by atoms with van der Waals surface area (Å²) in [7, 11) is -2.88. The molecule has 0 radical (unpaired) electrons. The van der Waals surface area contributed by atoms with Gasteiger partial charge in [-0.3, -0.25) is 0 Å². The van der Waals surface area contributed by atoms with E-state index in [9.17, 15) is 8.42 Å². The van der Waals surface area contributed by atoms with E-state index in [0.717, 1.165) is 13.1 Å². The van der Waals surface area contributed by atoms with E-state index in [-0.39, 0.29) is 5.75 Å². The summed E-state index contributed by atoms with van der Waals surface area (Å²) in [5, 5.41) is 3.21. The standard InChI is InChI=1S/C9H21NO3S/c1-9(2)8-10-4-5-13-6-7-14(3,11)12/h9-10H,4-8H2,1-3H3. The molecule has 0 spiro atoms. The zero-order chi connectivity index (χ0) is 11.0. The largest absolute Gasteiger partial charge is 0.379 e. The van der Waals surface area contributed by atoms with Gasteiger partial charge in [0.2, 0.25) is 0 Å². The molecule has 5 heteroatoms. The van der Waals surface area contributed by atoms with Crippen molar-refractivity contribution in [1.29, 1.82) is 0 Å². The number of nitrogens with one attached hydrogen (secondary N) is 1. The van der Waals surface area contributed by atoms with E-state index in [4.69, 9.17) is 4.74 Å². The van der Waals surface area contributed by atoms with Gasteiger partial charge >= 0.3 is 0 Å². The molecule has 0 rings (SSSR count). The van der Waals surface area contributed by atoms with Gasteiger partial charge < -0.3 is 10.1 Å². The Morgan fingerprint density at radius 1 is 1.29 bits per heavy atom. The third-order valence-corrected chi connectivity index (χ3v) is 2.48. The molecule has 0 saturated carbocycles. The molecule has 0 aliphatic heterocycles. The lowest BCUT2D eigenvalue weighted by Crippen LogP contribution is -2.24. The quantitative estimate of drug-likeness (QED) is 0.601. The highest BCUT2D eigenvalue weighted by molar-refractivity contribution is 7.90. The second kappa shape index (κ2) is 7.20. The third kappa shape index (κ3) is 11.9. The maximum Gasteiger partial charge on any atom is 0.149 e. The summed E-state index contributed by atoms with van der Waals surface area (Å²) >= 11 is 0. The highest BCUT2D eigenvalue weighted by Gasteiger charge is 2.00. The highest BCUT2D eigenvalue weighted by Crippen LogP contribution is 1.87. The fraction of sp³-hybridized carbons (Fsp3) is 1.00. The summed E-state index contributed by atoms with van der Waals surface area (Å²) in [5.41, 5.74) is 0. The molecule has 0 heterocycles. The molecule has 0 aliphatic rings. The second-order valence-corrected chi connectivity index (χ2v) is 6.10. The summed E-state index contributed by atoms with van der Waals surface area (Å²) < 4.78 is 26.6. The van der Waals surface area contributed by atoms with Crippen molar-refractivity contribution in [3.05, 3.63) is 0 Å². The Hall–Kier alpha value is -0.130. The zero-order valence-electron chi connectivity index (χ0n) is 9.25. The Morgan fingerprint density at radius 3 is 2.43 bits per heavy atom. The smallest absolute Gasteiger partial charge is 0.149 e. The maximum atomic E-state index is 10.7. The van der Waals surface area contributed by atoms with Crippen LogP contribution in [0.4, 0.5) is 0 Å². The molecule has 0 aromatic carbocycles. The molecule has 1 N–H and O–H groups in total. The van der Waals surface area contributed by atoms with E-state index >= 15 is 0 Å². The van der Waals surface area contributed by atoms with Crippen LogP contribution in [0, 0.1) is 5.92 Å². The fourth-order valence-corrected chi connectivity index (χ4v) is 1.27. The van der Waals surface area contributed by atoms with Crippen LogP contribution in [-0.2, 0) is 14.6 Å². The van der Waals surface area contributed by atoms with Crippen LogP contribution in [0.3, 0.4) is 0 Å². The highest BCUT2D eigenvalue weighted by atomic mass is 32.2. The van der Waals surface area contributed by atoms with Crippen LogP contribution >= 0.6 is 0 Å². The van der Waals surface area contributed by atoms with Crippen LogP contribution in [0.15, 0.2) is 0 Å². The van der Waals surface area contributed by atoms with Crippen molar-refractivity contribution in [3.63, 3.8) is 0 Å². The van der Waals surface area contributed by atoms with Crippen LogP contribution in [-0.4, -0.2) is 46.7 Å². The fourth-order valence-electron chi connectivity index (χ4n) is 0.847. The molecule has 0 fully saturated rings. The molecule has 14 heavy (non-hydrogen) atoms. The molecule has 0 atom stereocenters. The van der Waals surface area contributed by atoms with E-state index in [1.165, 1.54) is 6.26 Å². The predicted octanol–water partition coefficient (Wildman–Crippen LogP) is 0.293. The molecule has 0 amide bonds. The topological polar surface area (TPSA) is 55.4 Å². The Morgan fingerprint density at radius 2 is 1.93 bits per heavy atom. The first-order valence-electron chi connectivity index (χ1n) is 4.88. The van der Waals surface area contributed by atoms with Crippen molar-refractivity contribution in [2.24, 2.45) is 5.92 Å². The molecule has 0 bridgehead atoms. The summed E-state index contributed by atoms with van der Waals surface area (Å²) in [5.74, 6) is 0.739. The van der Waals surface area contributed by atoms with Crippen molar-refractivity contribution in [3.8, 4) is 0 Å². The van der Waals surface area contributed by atoms with Crippen LogP contribution in [0.5, 0.6) is 0 Å². The first kappa shape index (κ1) is 13.9. The molecular weight excluding hydrogens is 202 g/mol. The van der Waals surface area contributed by atoms with E-state index in [1.807, 2.05) is 0 Å². The average Bonchev–Trinajstić information content (AvgIpc) is 2.00. The van der Waals surface area contributed by atoms with Gasteiger partial charge in [0.15, 0.2) is 0 Å². The van der Waals surface area contributed by atoms with Gasteiger partial charge in [0.25, 0.3) is 0 Å². The monoisotopic (exact) mass is 223 g/mol. The molecule has 4 nitrogen and oxygen atoms in total. The van der Waals surface area contributed by atoms with E-state index < -0.39 is 9.84 Å². The lowest BCUT2D eigenvalue weighted by atomic mass is 10.2. The van der Waals surface area contributed by atoms with Crippen molar-refractivity contribution < 1.29 is 13.2 Å². The van der Waals surface area contributed by atoms with Gasteiger partial charge in [-0.2, -0.15) is 0 Å². The number of hydrogen-bond donors (Lipinski definition) is 1. The van der Waals surface area contributed by atoms with Gasteiger partial charge in [-0.1, -0.05) is 13.8 Å². The zero-order valence-corrected chi connectivity index (χ0v) is 10.1. The minimum absolute atomic E-state index is 0.108. The molecule has 86 valence electrons. The third-order valence-electron chi connectivity index (χ3n) is 1.57. The van der Waals surface area contributed by atoms with Crippen LogP contribution in [0.2, 0.25) is 0 Å². The number of ether oxygens (including phenoxy) is 1. The molecule has 0 aromatic rings. The SMILES string of the molecule is CC(C)CNCCOCCS(C)(=O)=O. The molecule has 0 aliphatic carbocycles. The first-order valence-corrected chi connectivity index (χ1v) is 6.94. The van der Waals surface area contributed by atoms with Crippen LogP contribution in [0.1, 0.15) is 13.8 Å². The first-order chi connectivity index (χ1) is 6.42. The lowest BCUT2D eigenvalue weighted by Gasteiger charge is -2.07. The Bertz CT molecular complexity index is 224. The van der Waals surface area contributed by atoms with E-state index in [1.54, 1.807) is 0 Å². The van der Waals surface area contributed by atoms with Gasteiger partial charge in [-0.15, -0.1) is 0 Å². The van der Waals surface area contributed by atoms with Gasteiger partial charge in [-0.05, 0) is 12.5 Å².